The lowest BCUT2D eigenvalue weighted by molar-refractivity contribution is 0.0659. The number of carbonyl (C=O) groups is 1. The van der Waals surface area contributed by atoms with Crippen LogP contribution in [0.1, 0.15) is 49.9 Å². The van der Waals surface area contributed by atoms with Crippen molar-refractivity contribution < 1.29 is 13.9 Å². The summed E-state index contributed by atoms with van der Waals surface area (Å²) in [7, 11) is 0. The highest BCUT2D eigenvalue weighted by atomic mass is 16.5. The highest BCUT2D eigenvalue weighted by molar-refractivity contribution is 6.07. The number of Topliss-reactive ketones (excluding diaryl/α,β-unsaturated/α-hetero) is 1. The summed E-state index contributed by atoms with van der Waals surface area (Å²) in [4.78, 5) is 12.2. The van der Waals surface area contributed by atoms with Crippen molar-refractivity contribution in [2.75, 3.05) is 13.2 Å². The van der Waals surface area contributed by atoms with Crippen LogP contribution >= 0.6 is 0 Å². The fraction of sp³-hybridized carbons (Fsp3) is 0.500. The Morgan fingerprint density at radius 3 is 2.86 bits per heavy atom. The maximum absolute atomic E-state index is 12.2. The van der Waals surface area contributed by atoms with Crippen LogP contribution in [0.5, 0.6) is 0 Å². The quantitative estimate of drug-likeness (QED) is 0.619. The van der Waals surface area contributed by atoms with E-state index in [1.165, 1.54) is 25.5 Å². The van der Waals surface area contributed by atoms with E-state index in [9.17, 15) is 4.79 Å². The molecule has 0 saturated heterocycles. The molecule has 1 unspecified atom stereocenters. The second kappa shape index (κ2) is 7.99. The van der Waals surface area contributed by atoms with Gasteiger partial charge in [-0.3, -0.25) is 4.79 Å². The van der Waals surface area contributed by atoms with E-state index in [0.29, 0.717) is 18.1 Å². The Morgan fingerprint density at radius 1 is 1.29 bits per heavy atom. The number of para-hydroxylation sites is 1. The van der Waals surface area contributed by atoms with E-state index in [-0.39, 0.29) is 12.4 Å². The van der Waals surface area contributed by atoms with Crippen molar-refractivity contribution in [3.63, 3.8) is 0 Å². The highest BCUT2D eigenvalue weighted by Gasteiger charge is 2.14. The average Bonchev–Trinajstić information content (AvgIpc) is 2.94. The smallest absolute Gasteiger partial charge is 0.192 e. The van der Waals surface area contributed by atoms with Crippen LogP contribution in [-0.2, 0) is 4.74 Å². The van der Waals surface area contributed by atoms with Gasteiger partial charge in [0.25, 0.3) is 0 Å². The van der Waals surface area contributed by atoms with Crippen LogP contribution in [-0.4, -0.2) is 19.0 Å². The van der Waals surface area contributed by atoms with Gasteiger partial charge in [0, 0.05) is 12.0 Å². The lowest BCUT2D eigenvalue weighted by Gasteiger charge is -2.14. The lowest BCUT2D eigenvalue weighted by Crippen LogP contribution is -2.14. The van der Waals surface area contributed by atoms with Crippen molar-refractivity contribution in [1.82, 2.24) is 0 Å². The lowest BCUT2D eigenvalue weighted by atomic mass is 10.0. The van der Waals surface area contributed by atoms with Gasteiger partial charge in [0.2, 0.25) is 0 Å². The van der Waals surface area contributed by atoms with Crippen molar-refractivity contribution in [1.29, 1.82) is 0 Å². The predicted octanol–water partition coefficient (Wildman–Crippen LogP) is 4.85. The molecule has 0 saturated carbocycles. The Morgan fingerprint density at radius 2 is 2.10 bits per heavy atom. The Bertz CT molecular complexity index is 571. The molecule has 2 aromatic rings. The number of ether oxygens (including phenoxy) is 1. The van der Waals surface area contributed by atoms with E-state index < -0.39 is 0 Å². The third kappa shape index (κ3) is 4.18. The first-order valence-corrected chi connectivity index (χ1v) is 7.83. The Hall–Kier alpha value is -1.61. The summed E-state index contributed by atoms with van der Waals surface area (Å²) >= 11 is 0. The first kappa shape index (κ1) is 15.8. The Kier molecular flexibility index (Phi) is 6.00. The van der Waals surface area contributed by atoms with Crippen molar-refractivity contribution >= 4 is 16.8 Å². The molecule has 21 heavy (non-hydrogen) atoms. The molecule has 1 aromatic carbocycles. The van der Waals surface area contributed by atoms with Crippen LogP contribution in [0.25, 0.3) is 11.0 Å². The second-order valence-electron chi connectivity index (χ2n) is 5.50. The zero-order valence-corrected chi connectivity index (χ0v) is 12.9. The maximum atomic E-state index is 12.2. The number of furan rings is 1. The molecule has 0 spiro atoms. The van der Waals surface area contributed by atoms with Crippen LogP contribution in [0, 0.1) is 5.92 Å². The van der Waals surface area contributed by atoms with Crippen molar-refractivity contribution in [2.45, 2.75) is 39.5 Å². The Labute approximate surface area is 126 Å². The third-order valence-electron chi connectivity index (χ3n) is 3.91. The first-order chi connectivity index (χ1) is 10.3. The molecule has 2 rings (SSSR count). The van der Waals surface area contributed by atoms with E-state index in [4.69, 9.17) is 9.15 Å². The van der Waals surface area contributed by atoms with Gasteiger partial charge < -0.3 is 9.15 Å². The number of fused-ring (bicyclic) bond motifs is 1. The number of hydrogen-bond donors (Lipinski definition) is 0. The van der Waals surface area contributed by atoms with Gasteiger partial charge in [0.15, 0.2) is 5.78 Å². The second-order valence-corrected chi connectivity index (χ2v) is 5.50. The van der Waals surface area contributed by atoms with Gasteiger partial charge >= 0.3 is 0 Å². The fourth-order valence-corrected chi connectivity index (χ4v) is 2.49. The molecule has 0 radical (unpaired) electrons. The summed E-state index contributed by atoms with van der Waals surface area (Å²) in [6, 6.07) is 7.58. The molecule has 0 N–H and O–H groups in total. The molecule has 0 bridgehead atoms. The van der Waals surface area contributed by atoms with E-state index in [0.717, 1.165) is 17.4 Å². The highest BCUT2D eigenvalue weighted by Crippen LogP contribution is 2.21. The summed E-state index contributed by atoms with van der Waals surface area (Å²) in [6.07, 6.45) is 6.24. The van der Waals surface area contributed by atoms with Gasteiger partial charge in [0.05, 0.1) is 5.56 Å². The van der Waals surface area contributed by atoms with Gasteiger partial charge in [-0.1, -0.05) is 51.3 Å². The van der Waals surface area contributed by atoms with Crippen LogP contribution in [0.3, 0.4) is 0 Å². The molecule has 0 fully saturated rings. The van der Waals surface area contributed by atoms with E-state index >= 15 is 0 Å². The van der Waals surface area contributed by atoms with Crippen LogP contribution in [0.4, 0.5) is 0 Å². The molecule has 1 aromatic heterocycles. The molecule has 0 aliphatic carbocycles. The minimum atomic E-state index is -0.00899. The SMILES string of the molecule is CCCCC(CC)COCC(=O)c1coc2ccccc12. The summed E-state index contributed by atoms with van der Waals surface area (Å²) in [5, 5.41) is 0.865. The van der Waals surface area contributed by atoms with Crippen molar-refractivity contribution in [3.05, 3.63) is 36.1 Å². The zero-order chi connectivity index (χ0) is 15.1. The summed E-state index contributed by atoms with van der Waals surface area (Å²) in [6.45, 7) is 5.17. The van der Waals surface area contributed by atoms with Gasteiger partial charge in [0.1, 0.15) is 18.5 Å². The molecule has 114 valence electrons. The number of carbonyl (C=O) groups excluding carboxylic acids is 1. The largest absolute Gasteiger partial charge is 0.464 e. The molecule has 3 nitrogen and oxygen atoms in total. The van der Waals surface area contributed by atoms with E-state index in [2.05, 4.69) is 13.8 Å². The standard InChI is InChI=1S/C18H24O3/c1-3-5-8-14(4-2)11-20-13-17(19)16-12-21-18-10-7-6-9-15(16)18/h6-7,9-10,12,14H,3-5,8,11,13H2,1-2H3. The van der Waals surface area contributed by atoms with Crippen molar-refractivity contribution in [2.24, 2.45) is 5.92 Å². The molecule has 1 atom stereocenters. The number of rotatable bonds is 9. The molecule has 1 heterocycles. The Balaban J connectivity index is 1.87. The van der Waals surface area contributed by atoms with Crippen LogP contribution < -0.4 is 0 Å². The number of hydrogen-bond acceptors (Lipinski definition) is 3. The summed E-state index contributed by atoms with van der Waals surface area (Å²) in [5.74, 6) is 0.545. The average molecular weight is 288 g/mol. The molecule has 0 aliphatic rings. The molecule has 0 aliphatic heterocycles. The zero-order valence-electron chi connectivity index (χ0n) is 12.9. The van der Waals surface area contributed by atoms with Gasteiger partial charge in [-0.15, -0.1) is 0 Å². The number of benzene rings is 1. The number of unbranched alkanes of at least 4 members (excludes halogenated alkanes) is 1. The van der Waals surface area contributed by atoms with Crippen molar-refractivity contribution in [3.8, 4) is 0 Å². The fourth-order valence-electron chi connectivity index (χ4n) is 2.49. The summed E-state index contributed by atoms with van der Waals surface area (Å²) < 4.78 is 11.0. The minimum Gasteiger partial charge on any atom is -0.464 e. The third-order valence-corrected chi connectivity index (χ3v) is 3.91. The summed E-state index contributed by atoms with van der Waals surface area (Å²) in [5.41, 5.74) is 1.36. The van der Waals surface area contributed by atoms with E-state index in [1.807, 2.05) is 24.3 Å². The number of ketones is 1. The van der Waals surface area contributed by atoms with Crippen LogP contribution in [0.15, 0.2) is 34.9 Å². The first-order valence-electron chi connectivity index (χ1n) is 7.83. The minimum absolute atomic E-state index is 0.00899. The topological polar surface area (TPSA) is 39.4 Å². The predicted molar refractivity (Wildman–Crippen MR) is 84.7 cm³/mol. The van der Waals surface area contributed by atoms with Gasteiger partial charge in [-0.25, -0.2) is 0 Å². The molecule has 0 amide bonds. The van der Waals surface area contributed by atoms with Crippen LogP contribution in [0.2, 0.25) is 0 Å². The molecular formula is C18H24O3. The normalized spacial score (nSPS) is 12.7. The molecular weight excluding hydrogens is 264 g/mol. The monoisotopic (exact) mass is 288 g/mol. The molecule has 3 heteroatoms. The van der Waals surface area contributed by atoms with Gasteiger partial charge in [-0.05, 0) is 18.4 Å². The van der Waals surface area contributed by atoms with Gasteiger partial charge in [-0.2, -0.15) is 0 Å². The van der Waals surface area contributed by atoms with E-state index in [1.54, 1.807) is 0 Å². The maximum Gasteiger partial charge on any atom is 0.192 e.